The van der Waals surface area contributed by atoms with Crippen LogP contribution in [0.5, 0.6) is 0 Å². The van der Waals surface area contributed by atoms with Crippen molar-refractivity contribution in [2.24, 2.45) is 5.73 Å². The van der Waals surface area contributed by atoms with E-state index >= 15 is 0 Å². The van der Waals surface area contributed by atoms with Crippen LogP contribution in [0.3, 0.4) is 0 Å². The maximum absolute atomic E-state index is 10.6. The minimum absolute atomic E-state index is 0.0993. The summed E-state index contributed by atoms with van der Waals surface area (Å²) in [6.45, 7) is 3.98. The van der Waals surface area contributed by atoms with Gasteiger partial charge in [-0.3, -0.25) is 4.79 Å². The first-order valence-corrected chi connectivity index (χ1v) is 5.32. The molecule has 0 radical (unpaired) electrons. The Balaban J connectivity index is 2.35. The molecule has 1 heterocycles. The van der Waals surface area contributed by atoms with E-state index in [1.54, 1.807) is 0 Å². The lowest BCUT2D eigenvalue weighted by Gasteiger charge is -2.00. The van der Waals surface area contributed by atoms with E-state index in [0.29, 0.717) is 11.5 Å². The van der Waals surface area contributed by atoms with Crippen LogP contribution in [-0.4, -0.2) is 22.1 Å². The molecule has 2 aromatic rings. The Bertz CT molecular complexity index is 535. The number of aromatic nitrogens is 1. The number of carboxylic acids is 1. The zero-order valence-corrected chi connectivity index (χ0v) is 9.73. The molecule has 1 aromatic carbocycles. The molecule has 5 heteroatoms. The predicted octanol–water partition coefficient (Wildman–Crippen LogP) is 1.40. The molecule has 0 aliphatic heterocycles. The molecule has 5 nitrogen and oxygen atoms in total. The molecule has 1 atom stereocenters. The van der Waals surface area contributed by atoms with Crippen LogP contribution in [0.15, 0.2) is 16.5 Å². The van der Waals surface area contributed by atoms with Crippen molar-refractivity contribution < 1.29 is 14.3 Å². The lowest BCUT2D eigenvalue weighted by molar-refractivity contribution is -0.138. The van der Waals surface area contributed by atoms with E-state index in [1.165, 1.54) is 0 Å². The fourth-order valence-electron chi connectivity index (χ4n) is 1.59. The molecule has 0 saturated carbocycles. The Hall–Kier alpha value is -1.88. The van der Waals surface area contributed by atoms with Gasteiger partial charge < -0.3 is 15.3 Å². The second-order valence-electron chi connectivity index (χ2n) is 4.16. The monoisotopic (exact) mass is 234 g/mol. The molecular formula is C12H14N2O3. The Labute approximate surface area is 98.2 Å². The summed E-state index contributed by atoms with van der Waals surface area (Å²) in [5.41, 5.74) is 9.07. The van der Waals surface area contributed by atoms with Crippen molar-refractivity contribution in [3.63, 3.8) is 0 Å². The van der Waals surface area contributed by atoms with Crippen molar-refractivity contribution in [2.45, 2.75) is 26.3 Å². The standard InChI is InChI=1S/C12H14N2O3/c1-6-3-9-10(4-7(6)2)17-11(14-9)5-8(13)12(15)16/h3-4,8H,5,13H2,1-2H3,(H,15,16)/t8-/m1/s1. The van der Waals surface area contributed by atoms with E-state index < -0.39 is 12.0 Å². The van der Waals surface area contributed by atoms with Crippen LogP contribution < -0.4 is 5.73 Å². The summed E-state index contributed by atoms with van der Waals surface area (Å²) in [7, 11) is 0. The first-order valence-electron chi connectivity index (χ1n) is 5.32. The van der Waals surface area contributed by atoms with E-state index in [1.807, 2.05) is 26.0 Å². The summed E-state index contributed by atoms with van der Waals surface area (Å²) in [6.07, 6.45) is 0.0993. The lowest BCUT2D eigenvalue weighted by atomic mass is 10.1. The molecule has 0 amide bonds. The topological polar surface area (TPSA) is 89.3 Å². The third kappa shape index (κ3) is 2.29. The van der Waals surface area contributed by atoms with Crippen LogP contribution in [0.4, 0.5) is 0 Å². The maximum Gasteiger partial charge on any atom is 0.321 e. The Morgan fingerprint density at radius 2 is 2.12 bits per heavy atom. The summed E-state index contributed by atoms with van der Waals surface area (Å²) in [5.74, 6) is -0.695. The average molecular weight is 234 g/mol. The number of benzene rings is 1. The predicted molar refractivity (Wildman–Crippen MR) is 62.8 cm³/mol. The highest BCUT2D eigenvalue weighted by molar-refractivity contribution is 5.76. The van der Waals surface area contributed by atoms with Crippen molar-refractivity contribution >= 4 is 17.1 Å². The lowest BCUT2D eigenvalue weighted by Crippen LogP contribution is -2.32. The molecule has 0 aliphatic carbocycles. The van der Waals surface area contributed by atoms with Crippen molar-refractivity contribution in [1.29, 1.82) is 0 Å². The van der Waals surface area contributed by atoms with Crippen molar-refractivity contribution in [3.8, 4) is 0 Å². The second kappa shape index (κ2) is 4.18. The highest BCUT2D eigenvalue weighted by atomic mass is 16.4. The smallest absolute Gasteiger partial charge is 0.321 e. The number of aryl methyl sites for hydroxylation is 2. The summed E-state index contributed by atoms with van der Waals surface area (Å²) >= 11 is 0. The van der Waals surface area contributed by atoms with Gasteiger partial charge in [-0.15, -0.1) is 0 Å². The van der Waals surface area contributed by atoms with Crippen LogP contribution in [0, 0.1) is 13.8 Å². The Morgan fingerprint density at radius 3 is 2.76 bits per heavy atom. The maximum atomic E-state index is 10.6. The van der Waals surface area contributed by atoms with Crippen LogP contribution in [-0.2, 0) is 11.2 Å². The second-order valence-corrected chi connectivity index (χ2v) is 4.16. The molecule has 90 valence electrons. The molecular weight excluding hydrogens is 220 g/mol. The average Bonchev–Trinajstić information content (AvgIpc) is 2.60. The highest BCUT2D eigenvalue weighted by Crippen LogP contribution is 2.20. The van der Waals surface area contributed by atoms with Gasteiger partial charge in [0.25, 0.3) is 0 Å². The number of oxazole rings is 1. The number of nitrogens with two attached hydrogens (primary N) is 1. The first kappa shape index (κ1) is 11.6. The van der Waals surface area contributed by atoms with E-state index in [4.69, 9.17) is 15.3 Å². The molecule has 2 rings (SSSR count). The zero-order valence-electron chi connectivity index (χ0n) is 9.73. The molecule has 1 aromatic heterocycles. The normalized spacial score (nSPS) is 12.9. The molecule has 3 N–H and O–H groups in total. The number of rotatable bonds is 3. The molecule has 0 bridgehead atoms. The van der Waals surface area contributed by atoms with Crippen LogP contribution in [0.2, 0.25) is 0 Å². The first-order chi connectivity index (χ1) is 7.97. The van der Waals surface area contributed by atoms with Gasteiger partial charge in [-0.05, 0) is 37.1 Å². The summed E-state index contributed by atoms with van der Waals surface area (Å²) in [4.78, 5) is 14.9. The van der Waals surface area contributed by atoms with Gasteiger partial charge in [-0.2, -0.15) is 0 Å². The minimum atomic E-state index is -1.06. The van der Waals surface area contributed by atoms with Gasteiger partial charge in [0.05, 0.1) is 6.42 Å². The largest absolute Gasteiger partial charge is 0.480 e. The number of aliphatic carboxylic acids is 1. The molecule has 0 spiro atoms. The number of hydrogen-bond acceptors (Lipinski definition) is 4. The van der Waals surface area contributed by atoms with Crippen LogP contribution in [0.25, 0.3) is 11.1 Å². The van der Waals surface area contributed by atoms with Crippen LogP contribution >= 0.6 is 0 Å². The van der Waals surface area contributed by atoms with E-state index in [0.717, 1.165) is 16.6 Å². The summed E-state index contributed by atoms with van der Waals surface area (Å²) < 4.78 is 5.47. The molecule has 0 unspecified atom stereocenters. The quantitative estimate of drug-likeness (QED) is 0.837. The van der Waals surface area contributed by atoms with Crippen molar-refractivity contribution in [2.75, 3.05) is 0 Å². The van der Waals surface area contributed by atoms with E-state index in [9.17, 15) is 4.79 Å². The Morgan fingerprint density at radius 1 is 1.47 bits per heavy atom. The molecule has 0 fully saturated rings. The Kier molecular flexibility index (Phi) is 2.85. The van der Waals surface area contributed by atoms with Gasteiger partial charge >= 0.3 is 5.97 Å². The van der Waals surface area contributed by atoms with Gasteiger partial charge in [0.15, 0.2) is 11.5 Å². The SMILES string of the molecule is Cc1cc2nc(C[C@@H](N)C(=O)O)oc2cc1C. The van der Waals surface area contributed by atoms with Gasteiger partial charge in [0.2, 0.25) is 0 Å². The summed E-state index contributed by atoms with van der Waals surface area (Å²) in [5, 5.41) is 8.71. The third-order valence-corrected chi connectivity index (χ3v) is 2.76. The van der Waals surface area contributed by atoms with Gasteiger partial charge in [0, 0.05) is 0 Å². The van der Waals surface area contributed by atoms with E-state index in [2.05, 4.69) is 4.98 Å². The van der Waals surface area contributed by atoms with E-state index in [-0.39, 0.29) is 6.42 Å². The number of fused-ring (bicyclic) bond motifs is 1. The number of nitrogens with zero attached hydrogens (tertiary/aromatic N) is 1. The number of carboxylic acid groups (broad SMARTS) is 1. The van der Waals surface area contributed by atoms with Gasteiger partial charge in [-0.25, -0.2) is 4.98 Å². The van der Waals surface area contributed by atoms with Crippen molar-refractivity contribution in [3.05, 3.63) is 29.2 Å². The molecule has 17 heavy (non-hydrogen) atoms. The number of hydrogen-bond donors (Lipinski definition) is 2. The fourth-order valence-corrected chi connectivity index (χ4v) is 1.59. The summed E-state index contributed by atoms with van der Waals surface area (Å²) in [6, 6.07) is 2.84. The van der Waals surface area contributed by atoms with Crippen LogP contribution in [0.1, 0.15) is 17.0 Å². The number of carbonyl (C=O) groups is 1. The van der Waals surface area contributed by atoms with Crippen molar-refractivity contribution in [1.82, 2.24) is 4.98 Å². The third-order valence-electron chi connectivity index (χ3n) is 2.76. The zero-order chi connectivity index (χ0) is 12.6. The fraction of sp³-hybridized carbons (Fsp3) is 0.333. The minimum Gasteiger partial charge on any atom is -0.480 e. The highest BCUT2D eigenvalue weighted by Gasteiger charge is 2.16. The molecule has 0 saturated heterocycles. The van der Waals surface area contributed by atoms with Gasteiger partial charge in [0.1, 0.15) is 11.6 Å². The molecule has 0 aliphatic rings. The van der Waals surface area contributed by atoms with Gasteiger partial charge in [-0.1, -0.05) is 0 Å².